The van der Waals surface area contributed by atoms with Gasteiger partial charge in [0.05, 0.1) is 24.9 Å². The van der Waals surface area contributed by atoms with Crippen LogP contribution in [0.3, 0.4) is 0 Å². The Bertz CT molecular complexity index is 1020. The molecule has 5 atom stereocenters. The van der Waals surface area contributed by atoms with E-state index in [2.05, 4.69) is 12.1 Å². The molecular formula is C24H25ClO5. The van der Waals surface area contributed by atoms with Gasteiger partial charge < -0.3 is 24.8 Å². The van der Waals surface area contributed by atoms with E-state index >= 15 is 0 Å². The molecule has 2 aromatic rings. The van der Waals surface area contributed by atoms with Crippen molar-refractivity contribution in [2.45, 2.75) is 62.1 Å². The summed E-state index contributed by atoms with van der Waals surface area (Å²) in [6.45, 7) is 0.729. The minimum atomic E-state index is -0.944. The molecule has 2 heterocycles. The normalized spacial score (nSPS) is 35.3. The number of rotatable bonds is 3. The number of halogens is 1. The van der Waals surface area contributed by atoms with Crippen LogP contribution in [-0.2, 0) is 17.6 Å². The molecule has 2 saturated carbocycles. The molecule has 1 saturated heterocycles. The fourth-order valence-corrected chi connectivity index (χ4v) is 5.60. The largest absolute Gasteiger partial charge is 0.493 e. The van der Waals surface area contributed by atoms with Gasteiger partial charge >= 0.3 is 0 Å². The van der Waals surface area contributed by atoms with E-state index in [1.165, 1.54) is 5.56 Å². The van der Waals surface area contributed by atoms with Crippen LogP contribution in [0, 0.1) is 5.41 Å². The molecule has 3 fully saturated rings. The number of aliphatic hydroxyl groups excluding tert-OH is 3. The fourth-order valence-electron chi connectivity index (χ4n) is 5.42. The molecule has 30 heavy (non-hydrogen) atoms. The van der Waals surface area contributed by atoms with Crippen molar-refractivity contribution in [3.8, 4) is 5.75 Å². The second-order valence-electron chi connectivity index (χ2n) is 9.36. The van der Waals surface area contributed by atoms with Gasteiger partial charge in [0.2, 0.25) is 0 Å². The summed E-state index contributed by atoms with van der Waals surface area (Å²) in [5.41, 5.74) is 2.67. The Balaban J connectivity index is 1.32. The van der Waals surface area contributed by atoms with Crippen LogP contribution in [0.15, 0.2) is 36.4 Å². The van der Waals surface area contributed by atoms with Crippen molar-refractivity contribution < 1.29 is 24.8 Å². The monoisotopic (exact) mass is 428 g/mol. The minimum Gasteiger partial charge on any atom is -0.493 e. The topological polar surface area (TPSA) is 79.2 Å². The van der Waals surface area contributed by atoms with Gasteiger partial charge in [-0.05, 0) is 53.6 Å². The van der Waals surface area contributed by atoms with Crippen molar-refractivity contribution >= 4 is 11.6 Å². The van der Waals surface area contributed by atoms with Gasteiger partial charge in [0.25, 0.3) is 0 Å². The summed E-state index contributed by atoms with van der Waals surface area (Å²) in [4.78, 5) is 0. The average molecular weight is 429 g/mol. The number of aliphatic hydroxyl groups is 3. The Hall–Kier alpha value is -1.63. The summed E-state index contributed by atoms with van der Waals surface area (Å²) in [5.74, 6) is 0.957. The summed E-state index contributed by atoms with van der Waals surface area (Å²) in [6.07, 6.45) is 0.610. The van der Waals surface area contributed by atoms with Crippen LogP contribution in [0.5, 0.6) is 5.75 Å². The van der Waals surface area contributed by atoms with E-state index in [9.17, 15) is 15.3 Å². The maximum absolute atomic E-state index is 11.1. The molecule has 3 N–H and O–H groups in total. The Morgan fingerprint density at radius 3 is 2.60 bits per heavy atom. The second-order valence-corrected chi connectivity index (χ2v) is 9.77. The van der Waals surface area contributed by atoms with Gasteiger partial charge in [0, 0.05) is 23.3 Å². The number of ether oxygens (including phenoxy) is 2. The maximum Gasteiger partial charge on any atom is 0.124 e. The summed E-state index contributed by atoms with van der Waals surface area (Å²) in [6, 6.07) is 12.0. The Morgan fingerprint density at radius 1 is 1.07 bits per heavy atom. The van der Waals surface area contributed by atoms with E-state index in [-0.39, 0.29) is 0 Å². The number of hydrogen-bond donors (Lipinski definition) is 3. The van der Waals surface area contributed by atoms with E-state index in [0.29, 0.717) is 17.9 Å². The van der Waals surface area contributed by atoms with Gasteiger partial charge in [0.15, 0.2) is 0 Å². The molecule has 2 spiro atoms. The van der Waals surface area contributed by atoms with Crippen LogP contribution < -0.4 is 4.74 Å². The SMILES string of the molecule is O[C@@H]1CC12O[C@@H](c1ccc(Cl)c(Cc3ccc4c(c3)CCO4)c1)[C@H](O)C1(CC1)[C@@H]2O. The van der Waals surface area contributed by atoms with Crippen LogP contribution in [0.4, 0.5) is 0 Å². The lowest BCUT2D eigenvalue weighted by molar-refractivity contribution is -0.235. The first-order valence-electron chi connectivity index (χ1n) is 10.7. The van der Waals surface area contributed by atoms with Gasteiger partial charge in [-0.15, -0.1) is 0 Å². The minimum absolute atomic E-state index is 0.413. The van der Waals surface area contributed by atoms with E-state index in [1.54, 1.807) is 0 Å². The molecule has 0 bridgehead atoms. The molecule has 2 aliphatic carbocycles. The van der Waals surface area contributed by atoms with Crippen molar-refractivity contribution in [1.82, 2.24) is 0 Å². The lowest BCUT2D eigenvalue weighted by Gasteiger charge is -2.44. The highest BCUT2D eigenvalue weighted by Crippen LogP contribution is 2.66. The number of benzene rings is 2. The predicted molar refractivity (Wildman–Crippen MR) is 111 cm³/mol. The van der Waals surface area contributed by atoms with Gasteiger partial charge in [-0.3, -0.25) is 0 Å². The molecule has 0 radical (unpaired) electrons. The summed E-state index contributed by atoms with van der Waals surface area (Å²) in [7, 11) is 0. The van der Waals surface area contributed by atoms with Gasteiger partial charge in [-0.1, -0.05) is 35.9 Å². The summed E-state index contributed by atoms with van der Waals surface area (Å²) in [5, 5.41) is 32.7. The molecule has 158 valence electrons. The van der Waals surface area contributed by atoms with Crippen molar-refractivity contribution in [2.24, 2.45) is 5.41 Å². The molecule has 6 heteroatoms. The molecular weight excluding hydrogens is 404 g/mol. The lowest BCUT2D eigenvalue weighted by atomic mass is 9.79. The highest BCUT2D eigenvalue weighted by Gasteiger charge is 2.75. The zero-order valence-corrected chi connectivity index (χ0v) is 17.3. The molecule has 5 nitrogen and oxygen atoms in total. The second kappa shape index (κ2) is 6.44. The van der Waals surface area contributed by atoms with Crippen molar-refractivity contribution in [3.63, 3.8) is 0 Å². The lowest BCUT2D eigenvalue weighted by Crippen LogP contribution is -2.55. The van der Waals surface area contributed by atoms with Crippen LogP contribution in [0.1, 0.15) is 47.6 Å². The fraction of sp³-hybridized carbons (Fsp3) is 0.500. The smallest absolute Gasteiger partial charge is 0.124 e. The third kappa shape index (κ3) is 2.69. The van der Waals surface area contributed by atoms with Crippen LogP contribution >= 0.6 is 11.6 Å². The first-order chi connectivity index (χ1) is 14.4. The molecule has 2 aromatic carbocycles. The molecule has 2 aliphatic heterocycles. The number of hydrogen-bond acceptors (Lipinski definition) is 5. The van der Waals surface area contributed by atoms with Crippen molar-refractivity contribution in [3.05, 3.63) is 63.7 Å². The third-order valence-electron chi connectivity index (χ3n) is 7.52. The third-order valence-corrected chi connectivity index (χ3v) is 7.89. The van der Waals surface area contributed by atoms with Crippen LogP contribution in [0.2, 0.25) is 5.02 Å². The van der Waals surface area contributed by atoms with Gasteiger partial charge in [0.1, 0.15) is 17.5 Å². The highest BCUT2D eigenvalue weighted by atomic mass is 35.5. The van der Waals surface area contributed by atoms with E-state index in [4.69, 9.17) is 21.1 Å². The average Bonchev–Trinajstić information content (AvgIpc) is 3.61. The zero-order chi connectivity index (χ0) is 20.7. The van der Waals surface area contributed by atoms with Crippen LogP contribution in [-0.4, -0.2) is 45.8 Å². The molecule has 0 amide bonds. The quantitative estimate of drug-likeness (QED) is 0.700. The summed E-state index contributed by atoms with van der Waals surface area (Å²) < 4.78 is 11.8. The zero-order valence-electron chi connectivity index (χ0n) is 16.6. The highest BCUT2D eigenvalue weighted by molar-refractivity contribution is 6.31. The summed E-state index contributed by atoms with van der Waals surface area (Å²) >= 11 is 6.51. The van der Waals surface area contributed by atoms with Crippen molar-refractivity contribution in [1.29, 1.82) is 0 Å². The van der Waals surface area contributed by atoms with Crippen LogP contribution in [0.25, 0.3) is 0 Å². The molecule has 1 unspecified atom stereocenters. The Kier molecular flexibility index (Phi) is 4.10. The Morgan fingerprint density at radius 2 is 1.87 bits per heavy atom. The van der Waals surface area contributed by atoms with Crippen molar-refractivity contribution in [2.75, 3.05) is 6.61 Å². The Labute approximate surface area is 180 Å². The first-order valence-corrected chi connectivity index (χ1v) is 11.1. The van der Waals surface area contributed by atoms with E-state index in [1.807, 2.05) is 24.3 Å². The standard InChI is InChI=1S/C24H25ClO5/c25-17-3-2-15(11-16(17)10-13-1-4-18-14(9-13)5-8-29-18)20-21(27)23(6-7-23)22(28)24(30-20)12-19(24)26/h1-4,9,11,19-22,26-28H,5-8,10,12H2/t19-,20+,21+,22+,24?/m1/s1. The predicted octanol–water partition coefficient (Wildman–Crippen LogP) is 2.94. The van der Waals surface area contributed by atoms with Gasteiger partial charge in [-0.2, -0.15) is 0 Å². The van der Waals surface area contributed by atoms with Gasteiger partial charge in [-0.25, -0.2) is 0 Å². The van der Waals surface area contributed by atoms with E-state index < -0.39 is 35.4 Å². The first kappa shape index (κ1) is 19.1. The maximum atomic E-state index is 11.1. The van der Waals surface area contributed by atoms with E-state index in [0.717, 1.165) is 48.3 Å². The molecule has 4 aliphatic rings. The molecule has 0 aromatic heterocycles. The number of fused-ring (bicyclic) bond motifs is 1. The molecule has 6 rings (SSSR count).